The number of nitrogens with zero attached hydrogens (tertiary/aromatic N) is 2. The summed E-state index contributed by atoms with van der Waals surface area (Å²) in [7, 11) is 0. The molecule has 0 saturated heterocycles. The SMILES string of the molecule is N#Cc1ccc(NCCCOCC2CC2)cn1. The summed E-state index contributed by atoms with van der Waals surface area (Å²) in [6.07, 6.45) is 5.36. The summed E-state index contributed by atoms with van der Waals surface area (Å²) in [6.45, 7) is 2.61. The Kier molecular flexibility index (Phi) is 4.34. The molecule has 0 amide bonds. The van der Waals surface area contributed by atoms with Crippen LogP contribution in [-0.2, 0) is 4.74 Å². The Hall–Kier alpha value is -1.60. The average Bonchev–Trinajstić information content (AvgIpc) is 3.18. The number of anilines is 1. The highest BCUT2D eigenvalue weighted by Gasteiger charge is 2.20. The highest BCUT2D eigenvalue weighted by molar-refractivity contribution is 5.42. The summed E-state index contributed by atoms with van der Waals surface area (Å²) in [5, 5.41) is 11.8. The minimum atomic E-state index is 0.448. The first-order chi connectivity index (χ1) is 8.38. The molecule has 90 valence electrons. The fourth-order valence-corrected chi connectivity index (χ4v) is 1.51. The van der Waals surface area contributed by atoms with Crippen molar-refractivity contribution >= 4 is 5.69 Å². The first kappa shape index (κ1) is 11.9. The normalized spacial score (nSPS) is 14.3. The molecule has 0 unspecified atom stereocenters. The van der Waals surface area contributed by atoms with Crippen LogP contribution in [-0.4, -0.2) is 24.7 Å². The number of hydrogen-bond acceptors (Lipinski definition) is 4. The highest BCUT2D eigenvalue weighted by Crippen LogP contribution is 2.28. The van der Waals surface area contributed by atoms with Crippen LogP contribution in [0.25, 0.3) is 0 Å². The van der Waals surface area contributed by atoms with Gasteiger partial charge in [-0.25, -0.2) is 4.98 Å². The van der Waals surface area contributed by atoms with Gasteiger partial charge in [0.05, 0.1) is 11.9 Å². The van der Waals surface area contributed by atoms with Gasteiger partial charge in [0.1, 0.15) is 11.8 Å². The molecule has 1 aromatic heterocycles. The van der Waals surface area contributed by atoms with E-state index in [0.717, 1.165) is 37.8 Å². The maximum atomic E-state index is 8.60. The molecule has 2 rings (SSSR count). The van der Waals surface area contributed by atoms with Crippen molar-refractivity contribution in [3.05, 3.63) is 24.0 Å². The summed E-state index contributed by atoms with van der Waals surface area (Å²) in [4.78, 5) is 3.99. The van der Waals surface area contributed by atoms with E-state index in [1.807, 2.05) is 12.1 Å². The molecule has 1 fully saturated rings. The van der Waals surface area contributed by atoms with E-state index in [2.05, 4.69) is 10.3 Å². The summed E-state index contributed by atoms with van der Waals surface area (Å²) < 4.78 is 5.53. The van der Waals surface area contributed by atoms with Crippen LogP contribution in [0.4, 0.5) is 5.69 Å². The predicted octanol–water partition coefficient (Wildman–Crippen LogP) is 2.18. The van der Waals surface area contributed by atoms with Crippen molar-refractivity contribution in [2.45, 2.75) is 19.3 Å². The van der Waals surface area contributed by atoms with E-state index in [4.69, 9.17) is 10.00 Å². The molecule has 1 N–H and O–H groups in total. The van der Waals surface area contributed by atoms with Gasteiger partial charge in [-0.3, -0.25) is 0 Å². The first-order valence-corrected chi connectivity index (χ1v) is 6.06. The number of nitrogens with one attached hydrogen (secondary N) is 1. The van der Waals surface area contributed by atoms with Gasteiger partial charge in [0, 0.05) is 19.8 Å². The first-order valence-electron chi connectivity index (χ1n) is 6.06. The van der Waals surface area contributed by atoms with Crippen molar-refractivity contribution < 1.29 is 4.74 Å². The molecule has 0 atom stereocenters. The summed E-state index contributed by atoms with van der Waals surface area (Å²) in [5.41, 5.74) is 1.40. The standard InChI is InChI=1S/C13H17N3O/c14-8-12-4-5-13(9-16-12)15-6-1-7-17-10-11-2-3-11/h4-5,9,11,15H,1-3,6-7,10H2. The second-order valence-electron chi connectivity index (χ2n) is 4.34. The van der Waals surface area contributed by atoms with E-state index in [-0.39, 0.29) is 0 Å². The summed E-state index contributed by atoms with van der Waals surface area (Å²) in [6, 6.07) is 5.58. The molecule has 1 aliphatic carbocycles. The smallest absolute Gasteiger partial charge is 0.140 e. The van der Waals surface area contributed by atoms with Gasteiger partial charge in [0.15, 0.2) is 0 Å². The van der Waals surface area contributed by atoms with E-state index < -0.39 is 0 Å². The molecule has 1 saturated carbocycles. The third-order valence-corrected chi connectivity index (χ3v) is 2.72. The van der Waals surface area contributed by atoms with Gasteiger partial charge < -0.3 is 10.1 Å². The average molecular weight is 231 g/mol. The molecule has 4 nitrogen and oxygen atoms in total. The molecule has 17 heavy (non-hydrogen) atoms. The van der Waals surface area contributed by atoms with Crippen molar-refractivity contribution in [3.8, 4) is 6.07 Å². The minimum absolute atomic E-state index is 0.448. The lowest BCUT2D eigenvalue weighted by atomic mass is 10.3. The third-order valence-electron chi connectivity index (χ3n) is 2.72. The van der Waals surface area contributed by atoms with Crippen molar-refractivity contribution in [2.75, 3.05) is 25.1 Å². The topological polar surface area (TPSA) is 57.9 Å². The molecule has 0 aliphatic heterocycles. The second kappa shape index (κ2) is 6.21. The minimum Gasteiger partial charge on any atom is -0.384 e. The van der Waals surface area contributed by atoms with Gasteiger partial charge in [-0.1, -0.05) is 0 Å². The van der Waals surface area contributed by atoms with E-state index in [0.29, 0.717) is 5.69 Å². The zero-order chi connectivity index (χ0) is 11.9. The fourth-order valence-electron chi connectivity index (χ4n) is 1.51. The zero-order valence-corrected chi connectivity index (χ0v) is 9.85. The number of ether oxygens (including phenoxy) is 1. The Morgan fingerprint density at radius 1 is 1.47 bits per heavy atom. The number of aromatic nitrogens is 1. The van der Waals surface area contributed by atoms with Crippen LogP contribution in [0.2, 0.25) is 0 Å². The monoisotopic (exact) mass is 231 g/mol. The number of hydrogen-bond donors (Lipinski definition) is 1. The Balaban J connectivity index is 1.55. The van der Waals surface area contributed by atoms with Gasteiger partial charge in [-0.2, -0.15) is 5.26 Å². The Morgan fingerprint density at radius 3 is 3.00 bits per heavy atom. The molecule has 0 bridgehead atoms. The molecule has 4 heteroatoms. The lowest BCUT2D eigenvalue weighted by Gasteiger charge is -2.06. The van der Waals surface area contributed by atoms with Crippen molar-refractivity contribution in [1.29, 1.82) is 5.26 Å². The van der Waals surface area contributed by atoms with Crippen molar-refractivity contribution in [1.82, 2.24) is 4.98 Å². The summed E-state index contributed by atoms with van der Waals surface area (Å²) >= 11 is 0. The maximum absolute atomic E-state index is 8.60. The summed E-state index contributed by atoms with van der Waals surface area (Å²) in [5.74, 6) is 0.839. The van der Waals surface area contributed by atoms with Gasteiger partial charge in [0.2, 0.25) is 0 Å². The van der Waals surface area contributed by atoms with E-state index in [1.54, 1.807) is 12.3 Å². The van der Waals surface area contributed by atoms with Crippen LogP contribution in [0.15, 0.2) is 18.3 Å². The van der Waals surface area contributed by atoms with Gasteiger partial charge in [-0.05, 0) is 37.3 Å². The van der Waals surface area contributed by atoms with Crippen molar-refractivity contribution in [3.63, 3.8) is 0 Å². The van der Waals surface area contributed by atoms with Crippen LogP contribution in [0.3, 0.4) is 0 Å². The molecular weight excluding hydrogens is 214 g/mol. The largest absolute Gasteiger partial charge is 0.384 e. The van der Waals surface area contributed by atoms with Crippen LogP contribution >= 0.6 is 0 Å². The Morgan fingerprint density at radius 2 is 2.35 bits per heavy atom. The number of rotatable bonds is 7. The Labute approximate surface area is 102 Å². The van der Waals surface area contributed by atoms with E-state index >= 15 is 0 Å². The quantitative estimate of drug-likeness (QED) is 0.731. The fraction of sp³-hybridized carbons (Fsp3) is 0.538. The van der Waals surface area contributed by atoms with Crippen LogP contribution in [0, 0.1) is 17.2 Å². The maximum Gasteiger partial charge on any atom is 0.140 e. The van der Waals surface area contributed by atoms with E-state index in [9.17, 15) is 0 Å². The van der Waals surface area contributed by atoms with Gasteiger partial charge >= 0.3 is 0 Å². The lowest BCUT2D eigenvalue weighted by molar-refractivity contribution is 0.124. The molecule has 1 aromatic rings. The Bertz CT molecular complexity index is 379. The molecule has 0 spiro atoms. The van der Waals surface area contributed by atoms with E-state index in [1.165, 1.54) is 12.8 Å². The van der Waals surface area contributed by atoms with Crippen molar-refractivity contribution in [2.24, 2.45) is 5.92 Å². The molecule has 1 heterocycles. The van der Waals surface area contributed by atoms with Gasteiger partial charge in [0.25, 0.3) is 0 Å². The number of pyridine rings is 1. The van der Waals surface area contributed by atoms with Crippen LogP contribution < -0.4 is 5.32 Å². The number of nitriles is 1. The van der Waals surface area contributed by atoms with Crippen LogP contribution in [0.1, 0.15) is 25.0 Å². The van der Waals surface area contributed by atoms with Gasteiger partial charge in [-0.15, -0.1) is 0 Å². The molecule has 0 aromatic carbocycles. The van der Waals surface area contributed by atoms with Crippen LogP contribution in [0.5, 0.6) is 0 Å². The second-order valence-corrected chi connectivity index (χ2v) is 4.34. The molecule has 1 aliphatic rings. The highest BCUT2D eigenvalue weighted by atomic mass is 16.5. The predicted molar refractivity (Wildman–Crippen MR) is 65.6 cm³/mol. The zero-order valence-electron chi connectivity index (χ0n) is 9.85. The third kappa shape index (κ3) is 4.41. The molecular formula is C13H17N3O. The molecule has 0 radical (unpaired) electrons. The lowest BCUT2D eigenvalue weighted by Crippen LogP contribution is -2.07.